The van der Waals surface area contributed by atoms with Crippen LogP contribution in [0.1, 0.15) is 22.3 Å². The molecule has 0 aliphatic carbocycles. The molecule has 0 radical (unpaired) electrons. The minimum absolute atomic E-state index is 0.0269. The summed E-state index contributed by atoms with van der Waals surface area (Å²) in [5, 5.41) is 2.48. The van der Waals surface area contributed by atoms with E-state index >= 15 is 0 Å². The Balaban J connectivity index is 2.00. The second kappa shape index (κ2) is 7.36. The van der Waals surface area contributed by atoms with Crippen LogP contribution in [-0.4, -0.2) is 19.0 Å². The van der Waals surface area contributed by atoms with Crippen molar-refractivity contribution < 1.29 is 18.7 Å². The number of aryl methyl sites for hydroxylation is 1. The van der Waals surface area contributed by atoms with Crippen LogP contribution in [-0.2, 0) is 16.0 Å². The van der Waals surface area contributed by atoms with Crippen molar-refractivity contribution in [3.8, 4) is 0 Å². The first-order valence-corrected chi connectivity index (χ1v) is 6.82. The Hall–Kier alpha value is -2.69. The van der Waals surface area contributed by atoms with E-state index in [0.29, 0.717) is 6.42 Å². The number of benzene rings is 2. The fourth-order valence-electron chi connectivity index (χ4n) is 1.98. The second-order valence-electron chi connectivity index (χ2n) is 4.72. The molecule has 5 heteroatoms. The molecule has 0 aromatic heterocycles. The molecule has 0 saturated heterocycles. The van der Waals surface area contributed by atoms with Gasteiger partial charge in [0, 0.05) is 6.42 Å². The van der Waals surface area contributed by atoms with E-state index in [4.69, 9.17) is 0 Å². The number of halogens is 1. The molecule has 0 saturated carbocycles. The van der Waals surface area contributed by atoms with Crippen LogP contribution in [0.4, 0.5) is 10.1 Å². The van der Waals surface area contributed by atoms with Crippen molar-refractivity contribution >= 4 is 17.6 Å². The largest absolute Gasteiger partial charge is 0.465 e. The maximum absolute atomic E-state index is 13.7. The minimum Gasteiger partial charge on any atom is -0.465 e. The Morgan fingerprint density at radius 3 is 2.55 bits per heavy atom. The SMILES string of the molecule is COC(=O)c1ccc(F)c(NC(=O)CCc2ccccc2)c1. The van der Waals surface area contributed by atoms with Gasteiger partial charge in [0.25, 0.3) is 0 Å². The van der Waals surface area contributed by atoms with E-state index in [-0.39, 0.29) is 23.6 Å². The lowest BCUT2D eigenvalue weighted by Crippen LogP contribution is -2.14. The summed E-state index contributed by atoms with van der Waals surface area (Å²) >= 11 is 0. The number of ether oxygens (including phenoxy) is 1. The summed E-state index contributed by atoms with van der Waals surface area (Å²) in [5.74, 6) is -1.50. The number of nitrogens with one attached hydrogen (secondary N) is 1. The van der Waals surface area contributed by atoms with Crippen molar-refractivity contribution in [3.63, 3.8) is 0 Å². The second-order valence-corrected chi connectivity index (χ2v) is 4.72. The molecule has 0 aliphatic rings. The fraction of sp³-hybridized carbons (Fsp3) is 0.176. The van der Waals surface area contributed by atoms with E-state index in [2.05, 4.69) is 10.1 Å². The maximum Gasteiger partial charge on any atom is 0.337 e. The highest BCUT2D eigenvalue weighted by molar-refractivity contribution is 5.94. The molecule has 2 aromatic carbocycles. The lowest BCUT2D eigenvalue weighted by atomic mass is 10.1. The molecule has 1 N–H and O–H groups in total. The maximum atomic E-state index is 13.7. The van der Waals surface area contributed by atoms with E-state index in [9.17, 15) is 14.0 Å². The zero-order valence-corrected chi connectivity index (χ0v) is 12.1. The van der Waals surface area contributed by atoms with Gasteiger partial charge < -0.3 is 10.1 Å². The molecule has 22 heavy (non-hydrogen) atoms. The predicted octanol–water partition coefficient (Wildman–Crippen LogP) is 3.18. The highest BCUT2D eigenvalue weighted by Crippen LogP contribution is 2.17. The van der Waals surface area contributed by atoms with Crippen LogP contribution < -0.4 is 5.32 Å². The van der Waals surface area contributed by atoms with Gasteiger partial charge >= 0.3 is 5.97 Å². The van der Waals surface area contributed by atoms with Gasteiger partial charge in [-0.1, -0.05) is 30.3 Å². The normalized spacial score (nSPS) is 10.1. The van der Waals surface area contributed by atoms with Gasteiger partial charge in [-0.3, -0.25) is 4.79 Å². The van der Waals surface area contributed by atoms with Crippen molar-refractivity contribution in [2.45, 2.75) is 12.8 Å². The summed E-state index contributed by atoms with van der Waals surface area (Å²) in [4.78, 5) is 23.3. The summed E-state index contributed by atoms with van der Waals surface area (Å²) in [5.41, 5.74) is 1.18. The molecule has 0 atom stereocenters. The van der Waals surface area contributed by atoms with Gasteiger partial charge in [-0.05, 0) is 30.2 Å². The van der Waals surface area contributed by atoms with Crippen LogP contribution in [0.25, 0.3) is 0 Å². The van der Waals surface area contributed by atoms with E-state index in [1.807, 2.05) is 30.3 Å². The van der Waals surface area contributed by atoms with E-state index in [0.717, 1.165) is 11.6 Å². The first-order valence-electron chi connectivity index (χ1n) is 6.82. The zero-order chi connectivity index (χ0) is 15.9. The monoisotopic (exact) mass is 301 g/mol. The van der Waals surface area contributed by atoms with Crippen molar-refractivity contribution in [2.75, 3.05) is 12.4 Å². The van der Waals surface area contributed by atoms with Crippen LogP contribution in [0.2, 0.25) is 0 Å². The number of hydrogen-bond donors (Lipinski definition) is 1. The molecule has 2 aromatic rings. The van der Waals surface area contributed by atoms with Crippen molar-refractivity contribution in [2.24, 2.45) is 0 Å². The molecular formula is C17H16FNO3. The Bertz CT molecular complexity index is 671. The summed E-state index contributed by atoms with van der Waals surface area (Å²) in [6.07, 6.45) is 0.789. The van der Waals surface area contributed by atoms with Crippen LogP contribution in [0.15, 0.2) is 48.5 Å². The fourth-order valence-corrected chi connectivity index (χ4v) is 1.98. The number of hydrogen-bond acceptors (Lipinski definition) is 3. The molecule has 0 spiro atoms. The number of carbonyl (C=O) groups excluding carboxylic acids is 2. The Morgan fingerprint density at radius 2 is 1.86 bits per heavy atom. The minimum atomic E-state index is -0.597. The van der Waals surface area contributed by atoms with Gasteiger partial charge in [0.05, 0.1) is 18.4 Å². The third-order valence-corrected chi connectivity index (χ3v) is 3.15. The third-order valence-electron chi connectivity index (χ3n) is 3.15. The lowest BCUT2D eigenvalue weighted by Gasteiger charge is -2.08. The van der Waals surface area contributed by atoms with E-state index in [1.165, 1.54) is 19.2 Å². The third kappa shape index (κ3) is 4.15. The number of anilines is 1. The van der Waals surface area contributed by atoms with Crippen molar-refractivity contribution in [3.05, 3.63) is 65.5 Å². The van der Waals surface area contributed by atoms with E-state index < -0.39 is 11.8 Å². The van der Waals surface area contributed by atoms with Crippen LogP contribution in [0.3, 0.4) is 0 Å². The van der Waals surface area contributed by atoms with Gasteiger partial charge in [-0.2, -0.15) is 0 Å². The predicted molar refractivity (Wildman–Crippen MR) is 81.1 cm³/mol. The summed E-state index contributed by atoms with van der Waals surface area (Å²) in [7, 11) is 1.24. The summed E-state index contributed by atoms with van der Waals surface area (Å²) < 4.78 is 18.3. The number of amides is 1. The van der Waals surface area contributed by atoms with Crippen LogP contribution in [0, 0.1) is 5.82 Å². The molecule has 4 nitrogen and oxygen atoms in total. The Morgan fingerprint density at radius 1 is 1.14 bits per heavy atom. The van der Waals surface area contributed by atoms with Gasteiger partial charge in [-0.25, -0.2) is 9.18 Å². The molecule has 0 heterocycles. The summed E-state index contributed by atoms with van der Waals surface area (Å²) in [6.45, 7) is 0. The molecule has 0 unspecified atom stereocenters. The van der Waals surface area contributed by atoms with Gasteiger partial charge in [0.15, 0.2) is 0 Å². The van der Waals surface area contributed by atoms with Crippen molar-refractivity contribution in [1.29, 1.82) is 0 Å². The van der Waals surface area contributed by atoms with Gasteiger partial charge in [0.1, 0.15) is 5.82 Å². The quantitative estimate of drug-likeness (QED) is 0.863. The standard InChI is InChI=1S/C17H16FNO3/c1-22-17(21)13-8-9-14(18)15(11-13)19-16(20)10-7-12-5-3-2-4-6-12/h2-6,8-9,11H,7,10H2,1H3,(H,19,20). The highest BCUT2D eigenvalue weighted by Gasteiger charge is 2.12. The lowest BCUT2D eigenvalue weighted by molar-refractivity contribution is -0.116. The van der Waals surface area contributed by atoms with Crippen LogP contribution >= 0.6 is 0 Å². The first kappa shape index (κ1) is 15.7. The molecule has 114 valence electrons. The molecule has 0 aliphatic heterocycles. The molecule has 1 amide bonds. The van der Waals surface area contributed by atoms with E-state index in [1.54, 1.807) is 0 Å². The Kier molecular flexibility index (Phi) is 5.25. The smallest absolute Gasteiger partial charge is 0.337 e. The number of esters is 1. The average molecular weight is 301 g/mol. The molecular weight excluding hydrogens is 285 g/mol. The van der Waals surface area contributed by atoms with Crippen molar-refractivity contribution in [1.82, 2.24) is 0 Å². The summed E-state index contributed by atoms with van der Waals surface area (Å²) in [6, 6.07) is 13.2. The molecule has 0 bridgehead atoms. The van der Waals surface area contributed by atoms with Gasteiger partial charge in [-0.15, -0.1) is 0 Å². The zero-order valence-electron chi connectivity index (χ0n) is 12.1. The molecule has 2 rings (SSSR count). The number of carbonyl (C=O) groups is 2. The number of methoxy groups -OCH3 is 1. The number of rotatable bonds is 5. The van der Waals surface area contributed by atoms with Gasteiger partial charge in [0.2, 0.25) is 5.91 Å². The average Bonchev–Trinajstić information content (AvgIpc) is 2.55. The van der Waals surface area contributed by atoms with Crippen LogP contribution in [0.5, 0.6) is 0 Å². The molecule has 0 fully saturated rings. The highest BCUT2D eigenvalue weighted by atomic mass is 19.1. The topological polar surface area (TPSA) is 55.4 Å². The Labute approximate surface area is 127 Å². The first-order chi connectivity index (χ1) is 10.6.